The number of thiazole rings is 1. The van der Waals surface area contributed by atoms with Crippen molar-refractivity contribution in [2.24, 2.45) is 5.73 Å². The average molecular weight is 495 g/mol. The van der Waals surface area contributed by atoms with E-state index in [0.717, 1.165) is 48.4 Å². The van der Waals surface area contributed by atoms with Crippen LogP contribution in [0.1, 0.15) is 39.0 Å². The van der Waals surface area contributed by atoms with Gasteiger partial charge in [0.15, 0.2) is 0 Å². The highest BCUT2D eigenvalue weighted by atomic mass is 32.1. The van der Waals surface area contributed by atoms with E-state index in [2.05, 4.69) is 37.3 Å². The molecule has 0 amide bonds. The van der Waals surface area contributed by atoms with Crippen molar-refractivity contribution in [1.29, 1.82) is 0 Å². The second kappa shape index (κ2) is 10.3. The molecule has 0 aliphatic rings. The molecule has 1 aromatic heterocycles. The van der Waals surface area contributed by atoms with Crippen LogP contribution in [0.4, 0.5) is 0 Å². The van der Waals surface area contributed by atoms with Gasteiger partial charge >= 0.3 is 5.97 Å². The lowest BCUT2D eigenvalue weighted by atomic mass is 10.0. The fraction of sp³-hybridized carbons (Fsp3) is 0.133. The number of aromatic nitrogens is 1. The molecule has 5 rings (SSSR count). The number of rotatable bonds is 8. The van der Waals surface area contributed by atoms with Gasteiger partial charge in [0.05, 0.1) is 28.4 Å². The molecule has 0 saturated carbocycles. The quantitative estimate of drug-likeness (QED) is 0.242. The fourth-order valence-corrected chi connectivity index (χ4v) is 5.34. The highest BCUT2D eigenvalue weighted by molar-refractivity contribution is 7.18. The van der Waals surface area contributed by atoms with Gasteiger partial charge in [-0.15, -0.1) is 11.3 Å². The minimum absolute atomic E-state index is 0.249. The lowest BCUT2D eigenvalue weighted by Gasteiger charge is -2.16. The van der Waals surface area contributed by atoms with Crippen LogP contribution in [-0.4, -0.2) is 22.7 Å². The van der Waals surface area contributed by atoms with Gasteiger partial charge in [0.2, 0.25) is 0 Å². The van der Waals surface area contributed by atoms with Gasteiger partial charge in [-0.1, -0.05) is 66.7 Å². The Balaban J connectivity index is 1.43. The molecule has 4 aromatic carbocycles. The molecule has 0 aliphatic heterocycles. The zero-order chi connectivity index (χ0) is 25.1. The van der Waals surface area contributed by atoms with Crippen molar-refractivity contribution in [3.63, 3.8) is 0 Å². The maximum absolute atomic E-state index is 11.3. The number of ether oxygens (including phenoxy) is 1. The highest BCUT2D eigenvalue weighted by Gasteiger charge is 2.18. The summed E-state index contributed by atoms with van der Waals surface area (Å²) in [5.41, 5.74) is 11.0. The average Bonchev–Trinajstić information content (AvgIpc) is 3.34. The van der Waals surface area contributed by atoms with Gasteiger partial charge in [0, 0.05) is 11.8 Å². The van der Waals surface area contributed by atoms with Gasteiger partial charge in [-0.3, -0.25) is 0 Å². The Bertz CT molecular complexity index is 1570. The molecule has 6 heteroatoms. The highest BCUT2D eigenvalue weighted by Crippen LogP contribution is 2.33. The van der Waals surface area contributed by atoms with E-state index in [-0.39, 0.29) is 5.56 Å². The van der Waals surface area contributed by atoms with Gasteiger partial charge < -0.3 is 15.6 Å². The van der Waals surface area contributed by atoms with Crippen LogP contribution in [0.25, 0.3) is 27.1 Å². The molecule has 3 N–H and O–H groups in total. The van der Waals surface area contributed by atoms with E-state index >= 15 is 0 Å². The molecular weight excluding hydrogens is 468 g/mol. The number of carboxylic acids is 1. The van der Waals surface area contributed by atoms with Crippen molar-refractivity contribution in [2.45, 2.75) is 19.4 Å². The van der Waals surface area contributed by atoms with Crippen molar-refractivity contribution in [1.82, 2.24) is 4.98 Å². The first kappa shape index (κ1) is 23.7. The number of benzene rings is 4. The molecule has 0 saturated heterocycles. The molecule has 5 aromatic rings. The molecule has 1 heterocycles. The summed E-state index contributed by atoms with van der Waals surface area (Å²) in [7, 11) is 0. The second-order valence-corrected chi connectivity index (χ2v) is 9.74. The van der Waals surface area contributed by atoms with Crippen LogP contribution in [0.15, 0.2) is 90.5 Å². The molecule has 0 aliphatic carbocycles. The third-order valence-electron chi connectivity index (χ3n) is 6.21. The van der Waals surface area contributed by atoms with E-state index in [0.29, 0.717) is 13.0 Å². The Labute approximate surface area is 213 Å². The van der Waals surface area contributed by atoms with Gasteiger partial charge in [0.1, 0.15) is 10.8 Å². The predicted molar refractivity (Wildman–Crippen MR) is 147 cm³/mol. The largest absolute Gasteiger partial charge is 0.493 e. The summed E-state index contributed by atoms with van der Waals surface area (Å²) in [6.07, 6.45) is 2.61. The van der Waals surface area contributed by atoms with E-state index in [9.17, 15) is 9.90 Å². The predicted octanol–water partition coefficient (Wildman–Crippen LogP) is 7.01. The van der Waals surface area contributed by atoms with Gasteiger partial charge in [-0.2, -0.15) is 0 Å². The van der Waals surface area contributed by atoms with Gasteiger partial charge in [-0.05, 0) is 53.3 Å². The van der Waals surface area contributed by atoms with Gasteiger partial charge in [-0.25, -0.2) is 9.78 Å². The van der Waals surface area contributed by atoms with Crippen molar-refractivity contribution in [2.75, 3.05) is 6.61 Å². The number of aryl methyl sites for hydroxylation is 1. The fourth-order valence-electron chi connectivity index (χ4n) is 4.25. The summed E-state index contributed by atoms with van der Waals surface area (Å²) in [4.78, 5) is 16.1. The molecule has 1 atom stereocenters. The smallest absolute Gasteiger partial charge is 0.335 e. The van der Waals surface area contributed by atoms with E-state index < -0.39 is 12.0 Å². The Morgan fingerprint density at radius 2 is 1.78 bits per heavy atom. The third-order valence-corrected chi connectivity index (χ3v) is 7.31. The Morgan fingerprint density at radius 1 is 1.03 bits per heavy atom. The summed E-state index contributed by atoms with van der Waals surface area (Å²) < 4.78 is 7.32. The summed E-state index contributed by atoms with van der Waals surface area (Å²) >= 11 is 1.60. The van der Waals surface area contributed by atoms with E-state index in [1.54, 1.807) is 35.6 Å². The van der Waals surface area contributed by atoms with Crippen molar-refractivity contribution < 1.29 is 14.6 Å². The molecule has 0 spiro atoms. The number of aromatic carboxylic acids is 1. The first-order valence-corrected chi connectivity index (χ1v) is 12.6. The Morgan fingerprint density at radius 3 is 2.56 bits per heavy atom. The maximum Gasteiger partial charge on any atom is 0.335 e. The Hall–Kier alpha value is -4.00. The summed E-state index contributed by atoms with van der Waals surface area (Å²) in [6.45, 7) is 2.50. The summed E-state index contributed by atoms with van der Waals surface area (Å²) in [5, 5.41) is 12.3. The minimum atomic E-state index is -0.948. The summed E-state index contributed by atoms with van der Waals surface area (Å²) in [6, 6.07) is 26.7. The lowest BCUT2D eigenvalue weighted by Crippen LogP contribution is -2.15. The standard InChI is InChI=1S/C30H26N2O3S/c1-19-6-4-11-26-28(19)32-29(36-26)27(31)23(18-20-12-14-22(15-13-20)30(33)34)16-17-35-25-10-5-8-21-7-2-3-9-24(21)25/h2-15,18,27H,16-17,31H2,1H3,(H,33,34)/b23-18+. The van der Waals surface area contributed by atoms with Gasteiger partial charge in [0.25, 0.3) is 0 Å². The van der Waals surface area contributed by atoms with E-state index in [1.807, 2.05) is 36.4 Å². The topological polar surface area (TPSA) is 85.4 Å². The number of carboxylic acid groups (broad SMARTS) is 1. The zero-order valence-electron chi connectivity index (χ0n) is 19.8. The number of fused-ring (bicyclic) bond motifs is 2. The lowest BCUT2D eigenvalue weighted by molar-refractivity contribution is 0.0697. The van der Waals surface area contributed by atoms with Crippen LogP contribution in [-0.2, 0) is 0 Å². The third kappa shape index (κ3) is 5.00. The second-order valence-electron chi connectivity index (χ2n) is 8.67. The maximum atomic E-state index is 11.3. The molecule has 0 radical (unpaired) electrons. The number of hydrogen-bond donors (Lipinski definition) is 2. The number of nitrogens with two attached hydrogens (primary N) is 1. The van der Waals surface area contributed by atoms with E-state index in [1.165, 1.54) is 0 Å². The van der Waals surface area contributed by atoms with Crippen molar-refractivity contribution in [3.05, 3.63) is 112 Å². The first-order valence-electron chi connectivity index (χ1n) is 11.8. The first-order chi connectivity index (χ1) is 17.5. The minimum Gasteiger partial charge on any atom is -0.493 e. The number of nitrogens with zero attached hydrogens (tertiary/aromatic N) is 1. The number of carbonyl (C=O) groups is 1. The molecule has 180 valence electrons. The molecular formula is C30H26N2O3S. The molecule has 0 fully saturated rings. The van der Waals surface area contributed by atoms with Crippen LogP contribution in [0.3, 0.4) is 0 Å². The normalized spacial score (nSPS) is 12.7. The number of para-hydroxylation sites is 1. The van der Waals surface area contributed by atoms with Crippen LogP contribution in [0.5, 0.6) is 5.75 Å². The van der Waals surface area contributed by atoms with E-state index in [4.69, 9.17) is 15.5 Å². The Kier molecular flexibility index (Phi) is 6.80. The van der Waals surface area contributed by atoms with Crippen molar-refractivity contribution in [3.8, 4) is 5.75 Å². The molecule has 5 nitrogen and oxygen atoms in total. The number of hydrogen-bond acceptors (Lipinski definition) is 5. The van der Waals surface area contributed by atoms with Crippen LogP contribution >= 0.6 is 11.3 Å². The summed E-state index contributed by atoms with van der Waals surface area (Å²) in [5.74, 6) is -0.113. The van der Waals surface area contributed by atoms with Crippen molar-refractivity contribution >= 4 is 44.4 Å². The molecule has 0 bridgehead atoms. The van der Waals surface area contributed by atoms with Crippen LogP contribution in [0.2, 0.25) is 0 Å². The monoisotopic (exact) mass is 494 g/mol. The van der Waals surface area contributed by atoms with Crippen LogP contribution in [0, 0.1) is 6.92 Å². The molecule has 1 unspecified atom stereocenters. The SMILES string of the molecule is Cc1cccc2sc(C(N)/C(=C/c3ccc(C(=O)O)cc3)CCOc3cccc4ccccc34)nc12. The zero-order valence-corrected chi connectivity index (χ0v) is 20.7. The van der Waals surface area contributed by atoms with Crippen LogP contribution < -0.4 is 10.5 Å². The molecule has 36 heavy (non-hydrogen) atoms.